The van der Waals surface area contributed by atoms with E-state index in [0.29, 0.717) is 0 Å². The van der Waals surface area contributed by atoms with E-state index in [1.807, 2.05) is 13.0 Å². The van der Waals surface area contributed by atoms with Gasteiger partial charge in [-0.05, 0) is 31.6 Å². The number of nitrogens with zero attached hydrogens (tertiary/aromatic N) is 3. The summed E-state index contributed by atoms with van der Waals surface area (Å²) in [5, 5.41) is 3.33. The third-order valence-electron chi connectivity index (χ3n) is 3.26. The van der Waals surface area contributed by atoms with Crippen molar-refractivity contribution in [2.24, 2.45) is 0 Å². The minimum atomic E-state index is 0.778. The molecule has 2 aromatic rings. The van der Waals surface area contributed by atoms with Crippen LogP contribution in [0.3, 0.4) is 0 Å². The first-order chi connectivity index (χ1) is 9.67. The molecule has 0 saturated heterocycles. The molecule has 1 N–H and O–H groups in total. The summed E-state index contributed by atoms with van der Waals surface area (Å²) in [6.45, 7) is 6.96. The van der Waals surface area contributed by atoms with Gasteiger partial charge in [0.2, 0.25) is 0 Å². The van der Waals surface area contributed by atoms with Gasteiger partial charge in [-0.1, -0.05) is 31.2 Å². The van der Waals surface area contributed by atoms with Crippen molar-refractivity contribution in [3.63, 3.8) is 0 Å². The highest BCUT2D eigenvalue weighted by atomic mass is 15.1. The fraction of sp³-hybridized carbons (Fsp3) is 0.375. The van der Waals surface area contributed by atoms with Gasteiger partial charge in [0.15, 0.2) is 0 Å². The van der Waals surface area contributed by atoms with Gasteiger partial charge >= 0.3 is 0 Å². The topological polar surface area (TPSA) is 41.0 Å². The second kappa shape index (κ2) is 7.01. The lowest BCUT2D eigenvalue weighted by molar-refractivity contribution is 0.345. The Kier molecular flexibility index (Phi) is 5.07. The van der Waals surface area contributed by atoms with Crippen LogP contribution in [0, 0.1) is 6.92 Å². The molecule has 1 aromatic heterocycles. The predicted molar refractivity (Wildman–Crippen MR) is 82.5 cm³/mol. The lowest BCUT2D eigenvalue weighted by Crippen LogP contribution is -2.16. The lowest BCUT2D eigenvalue weighted by Gasteiger charge is -2.14. The molecular formula is C16H22N4. The predicted octanol–water partition coefficient (Wildman–Crippen LogP) is 2.85. The Hall–Kier alpha value is -1.94. The van der Waals surface area contributed by atoms with Crippen LogP contribution in [0.2, 0.25) is 0 Å². The molecule has 4 heteroatoms. The first kappa shape index (κ1) is 14.5. The van der Waals surface area contributed by atoms with E-state index in [1.54, 1.807) is 6.33 Å². The van der Waals surface area contributed by atoms with E-state index in [2.05, 4.69) is 58.4 Å². The van der Waals surface area contributed by atoms with Crippen LogP contribution in [0.5, 0.6) is 0 Å². The minimum absolute atomic E-state index is 0.778. The van der Waals surface area contributed by atoms with E-state index in [9.17, 15) is 0 Å². The monoisotopic (exact) mass is 270 g/mol. The van der Waals surface area contributed by atoms with Gasteiger partial charge < -0.3 is 10.2 Å². The molecule has 0 amide bonds. The molecule has 20 heavy (non-hydrogen) atoms. The van der Waals surface area contributed by atoms with Gasteiger partial charge in [0.05, 0.1) is 0 Å². The van der Waals surface area contributed by atoms with Crippen molar-refractivity contribution in [1.82, 2.24) is 14.9 Å². The number of aryl methyl sites for hydroxylation is 1. The van der Waals surface area contributed by atoms with Gasteiger partial charge in [-0.25, -0.2) is 9.97 Å². The number of benzene rings is 1. The van der Waals surface area contributed by atoms with Crippen molar-refractivity contribution in [1.29, 1.82) is 0 Å². The van der Waals surface area contributed by atoms with Gasteiger partial charge in [0.1, 0.15) is 12.1 Å². The summed E-state index contributed by atoms with van der Waals surface area (Å²) in [6.07, 6.45) is 1.59. The number of aromatic nitrogens is 2. The normalized spacial score (nSPS) is 10.8. The quantitative estimate of drug-likeness (QED) is 0.876. The van der Waals surface area contributed by atoms with Crippen LogP contribution < -0.4 is 5.32 Å². The molecule has 2 rings (SSSR count). The third-order valence-corrected chi connectivity index (χ3v) is 3.26. The van der Waals surface area contributed by atoms with E-state index < -0.39 is 0 Å². The first-order valence-corrected chi connectivity index (χ1v) is 6.96. The molecule has 0 aliphatic rings. The van der Waals surface area contributed by atoms with Gasteiger partial charge in [0.25, 0.3) is 0 Å². The molecule has 0 atom stereocenters. The maximum absolute atomic E-state index is 4.21. The zero-order chi connectivity index (χ0) is 14.4. The average Bonchev–Trinajstić information content (AvgIpc) is 2.45. The molecule has 0 aliphatic heterocycles. The van der Waals surface area contributed by atoms with Gasteiger partial charge in [0, 0.05) is 24.8 Å². The highest BCUT2D eigenvalue weighted by molar-refractivity contribution is 5.36. The van der Waals surface area contributed by atoms with Crippen LogP contribution >= 0.6 is 0 Å². The average molecular weight is 270 g/mol. The molecule has 0 saturated carbocycles. The Morgan fingerprint density at radius 3 is 2.70 bits per heavy atom. The third kappa shape index (κ3) is 4.31. The highest BCUT2D eigenvalue weighted by Crippen LogP contribution is 2.10. The van der Waals surface area contributed by atoms with E-state index in [-0.39, 0.29) is 0 Å². The molecule has 0 bridgehead atoms. The Labute approximate surface area is 120 Å². The minimum Gasteiger partial charge on any atom is -0.366 e. The number of rotatable bonds is 6. The summed E-state index contributed by atoms with van der Waals surface area (Å²) in [7, 11) is 2.13. The molecular weight excluding hydrogens is 248 g/mol. The van der Waals surface area contributed by atoms with Gasteiger partial charge in [-0.3, -0.25) is 0 Å². The Balaban J connectivity index is 1.97. The largest absolute Gasteiger partial charge is 0.366 e. The fourth-order valence-electron chi connectivity index (χ4n) is 2.01. The number of nitrogens with one attached hydrogen (secondary N) is 1. The van der Waals surface area contributed by atoms with Crippen molar-refractivity contribution >= 4 is 5.82 Å². The Morgan fingerprint density at radius 2 is 1.95 bits per heavy atom. The van der Waals surface area contributed by atoms with Crippen molar-refractivity contribution in [2.45, 2.75) is 26.9 Å². The van der Waals surface area contributed by atoms with Gasteiger partial charge in [-0.2, -0.15) is 0 Å². The Morgan fingerprint density at radius 1 is 1.15 bits per heavy atom. The number of hydrogen-bond acceptors (Lipinski definition) is 4. The number of anilines is 1. The van der Waals surface area contributed by atoms with Crippen LogP contribution in [-0.4, -0.2) is 28.5 Å². The zero-order valence-corrected chi connectivity index (χ0v) is 12.4. The summed E-state index contributed by atoms with van der Waals surface area (Å²) >= 11 is 0. The fourth-order valence-corrected chi connectivity index (χ4v) is 2.01. The van der Waals surface area contributed by atoms with Gasteiger partial charge in [-0.15, -0.1) is 0 Å². The van der Waals surface area contributed by atoms with Crippen LogP contribution in [-0.2, 0) is 13.1 Å². The van der Waals surface area contributed by atoms with Crippen LogP contribution in [0.25, 0.3) is 0 Å². The molecule has 0 fully saturated rings. The molecule has 1 aromatic carbocycles. The van der Waals surface area contributed by atoms with E-state index in [0.717, 1.165) is 31.1 Å². The van der Waals surface area contributed by atoms with E-state index in [1.165, 1.54) is 11.1 Å². The van der Waals surface area contributed by atoms with Crippen molar-refractivity contribution < 1.29 is 0 Å². The molecule has 1 heterocycles. The molecule has 0 radical (unpaired) electrons. The van der Waals surface area contributed by atoms with Crippen LogP contribution in [0.4, 0.5) is 5.82 Å². The molecule has 0 unspecified atom stereocenters. The maximum atomic E-state index is 4.21. The molecule has 106 valence electrons. The van der Waals surface area contributed by atoms with Crippen molar-refractivity contribution in [3.05, 3.63) is 53.5 Å². The number of hydrogen-bond donors (Lipinski definition) is 1. The summed E-state index contributed by atoms with van der Waals surface area (Å²) in [5.74, 6) is 0.869. The summed E-state index contributed by atoms with van der Waals surface area (Å²) in [4.78, 5) is 10.6. The molecule has 0 aliphatic carbocycles. The Bertz CT molecular complexity index is 554. The first-order valence-electron chi connectivity index (χ1n) is 6.96. The standard InChI is InChI=1S/C16H22N4/c1-4-20(3)11-15-7-5-6-14(9-15)10-17-16-8-13(2)18-12-19-16/h5-9,12H,4,10-11H2,1-3H3,(H,17,18,19). The molecule has 4 nitrogen and oxygen atoms in total. The van der Waals surface area contributed by atoms with E-state index >= 15 is 0 Å². The van der Waals surface area contributed by atoms with E-state index in [4.69, 9.17) is 0 Å². The second-order valence-electron chi connectivity index (χ2n) is 5.05. The van der Waals surface area contributed by atoms with Crippen LogP contribution in [0.15, 0.2) is 36.7 Å². The summed E-state index contributed by atoms with van der Waals surface area (Å²) in [5.41, 5.74) is 3.58. The van der Waals surface area contributed by atoms with Crippen molar-refractivity contribution in [2.75, 3.05) is 18.9 Å². The zero-order valence-electron chi connectivity index (χ0n) is 12.4. The summed E-state index contributed by atoms with van der Waals surface area (Å²) < 4.78 is 0. The molecule has 0 spiro atoms. The lowest BCUT2D eigenvalue weighted by atomic mass is 10.1. The highest BCUT2D eigenvalue weighted by Gasteiger charge is 2.00. The SMILES string of the molecule is CCN(C)Cc1cccc(CNc2cc(C)ncn2)c1. The maximum Gasteiger partial charge on any atom is 0.129 e. The summed E-state index contributed by atoms with van der Waals surface area (Å²) in [6, 6.07) is 10.6. The smallest absolute Gasteiger partial charge is 0.129 e. The second-order valence-corrected chi connectivity index (χ2v) is 5.05. The van der Waals surface area contributed by atoms with Crippen LogP contribution in [0.1, 0.15) is 23.7 Å². The van der Waals surface area contributed by atoms with Crippen molar-refractivity contribution in [3.8, 4) is 0 Å².